The molecule has 0 spiro atoms. The van der Waals surface area contributed by atoms with Crippen LogP contribution >= 0.6 is 0 Å². The van der Waals surface area contributed by atoms with Crippen molar-refractivity contribution >= 4 is 11.6 Å². The summed E-state index contributed by atoms with van der Waals surface area (Å²) < 4.78 is 22.2. The number of anilines is 1. The molecule has 2 heterocycles. The third-order valence-electron chi connectivity index (χ3n) is 4.69. The van der Waals surface area contributed by atoms with Crippen LogP contribution in [0.15, 0.2) is 47.0 Å². The lowest BCUT2D eigenvalue weighted by Gasteiger charge is -2.11. The highest BCUT2D eigenvalue weighted by Gasteiger charge is 2.13. The SMILES string of the molecule is Cc1noc(C)c1COc1ccc(C(=O)Nc2ccc3c(c2)OCCCO3)cc1. The molecule has 0 saturated heterocycles. The number of carbonyl (C=O) groups is 1. The number of fused-ring (bicyclic) bond motifs is 1. The van der Waals surface area contributed by atoms with Crippen LogP contribution in [0.2, 0.25) is 0 Å². The van der Waals surface area contributed by atoms with Gasteiger partial charge in [0, 0.05) is 23.7 Å². The van der Waals surface area contributed by atoms with Crippen LogP contribution in [0.25, 0.3) is 0 Å². The second-order valence-electron chi connectivity index (χ2n) is 6.78. The molecule has 0 bridgehead atoms. The first-order valence-corrected chi connectivity index (χ1v) is 9.46. The van der Waals surface area contributed by atoms with Gasteiger partial charge in [0.05, 0.1) is 24.5 Å². The molecule has 7 heteroatoms. The predicted octanol–water partition coefficient (Wildman–Crippen LogP) is 4.28. The van der Waals surface area contributed by atoms with E-state index in [-0.39, 0.29) is 5.91 Å². The number of nitrogens with zero attached hydrogens (tertiary/aromatic N) is 1. The first-order valence-electron chi connectivity index (χ1n) is 9.46. The average Bonchev–Trinajstić information content (AvgIpc) is 2.92. The highest BCUT2D eigenvalue weighted by atomic mass is 16.5. The van der Waals surface area contributed by atoms with E-state index in [0.29, 0.717) is 48.3 Å². The van der Waals surface area contributed by atoms with Gasteiger partial charge in [-0.3, -0.25) is 4.79 Å². The Balaban J connectivity index is 1.39. The van der Waals surface area contributed by atoms with Gasteiger partial charge < -0.3 is 24.1 Å². The van der Waals surface area contributed by atoms with E-state index >= 15 is 0 Å². The van der Waals surface area contributed by atoms with E-state index in [1.165, 1.54) is 0 Å². The normalized spacial score (nSPS) is 12.9. The van der Waals surface area contributed by atoms with Crippen LogP contribution in [0.1, 0.15) is 33.8 Å². The smallest absolute Gasteiger partial charge is 0.255 e. The van der Waals surface area contributed by atoms with Gasteiger partial charge in [0.25, 0.3) is 5.91 Å². The molecule has 0 unspecified atom stereocenters. The molecule has 1 aromatic heterocycles. The van der Waals surface area contributed by atoms with Crippen LogP contribution in [-0.2, 0) is 6.61 Å². The first-order chi connectivity index (χ1) is 14.1. The number of hydrogen-bond acceptors (Lipinski definition) is 6. The van der Waals surface area contributed by atoms with Gasteiger partial charge >= 0.3 is 0 Å². The van der Waals surface area contributed by atoms with Crippen LogP contribution in [-0.4, -0.2) is 24.3 Å². The van der Waals surface area contributed by atoms with Crippen LogP contribution in [0.4, 0.5) is 5.69 Å². The number of ether oxygens (including phenoxy) is 3. The van der Waals surface area contributed by atoms with Gasteiger partial charge in [0.15, 0.2) is 11.5 Å². The molecular weight excluding hydrogens is 372 g/mol. The van der Waals surface area contributed by atoms with Crippen molar-refractivity contribution in [1.29, 1.82) is 0 Å². The summed E-state index contributed by atoms with van der Waals surface area (Å²) in [6, 6.07) is 12.4. The Bertz CT molecular complexity index is 991. The molecule has 1 amide bonds. The largest absolute Gasteiger partial charge is 0.490 e. The van der Waals surface area contributed by atoms with Crippen LogP contribution in [0, 0.1) is 13.8 Å². The fourth-order valence-corrected chi connectivity index (χ4v) is 3.01. The minimum absolute atomic E-state index is 0.211. The van der Waals surface area contributed by atoms with Crippen molar-refractivity contribution in [3.8, 4) is 17.2 Å². The van der Waals surface area contributed by atoms with E-state index in [4.69, 9.17) is 18.7 Å². The summed E-state index contributed by atoms with van der Waals surface area (Å²) in [5.41, 5.74) is 2.93. The number of aryl methyl sites for hydroxylation is 2. The number of carbonyl (C=O) groups excluding carboxylic acids is 1. The molecule has 1 aliphatic rings. The number of hydrogen-bond donors (Lipinski definition) is 1. The van der Waals surface area contributed by atoms with E-state index in [2.05, 4.69) is 10.5 Å². The third kappa shape index (κ3) is 4.34. The standard InChI is InChI=1S/C22H22N2O5/c1-14-19(15(2)29-24-14)13-28-18-7-4-16(5-8-18)22(25)23-17-6-9-20-21(12-17)27-11-3-10-26-20/h4-9,12H,3,10-11,13H2,1-2H3,(H,23,25). The number of rotatable bonds is 5. The number of amides is 1. The van der Waals surface area contributed by atoms with Crippen molar-refractivity contribution in [1.82, 2.24) is 5.16 Å². The molecule has 3 aromatic rings. The Labute approximate surface area is 168 Å². The summed E-state index contributed by atoms with van der Waals surface area (Å²) >= 11 is 0. The predicted molar refractivity (Wildman–Crippen MR) is 107 cm³/mol. The molecular formula is C22H22N2O5. The third-order valence-corrected chi connectivity index (χ3v) is 4.69. The molecule has 0 atom stereocenters. The molecule has 4 rings (SSSR count). The lowest BCUT2D eigenvalue weighted by molar-refractivity contribution is 0.102. The molecule has 0 radical (unpaired) electrons. The van der Waals surface area contributed by atoms with E-state index in [1.54, 1.807) is 36.4 Å². The van der Waals surface area contributed by atoms with Gasteiger partial charge in [-0.2, -0.15) is 0 Å². The van der Waals surface area contributed by atoms with Gasteiger partial charge in [0.2, 0.25) is 0 Å². The molecule has 1 aliphatic heterocycles. The van der Waals surface area contributed by atoms with Crippen molar-refractivity contribution in [2.45, 2.75) is 26.9 Å². The Morgan fingerprint density at radius 2 is 1.83 bits per heavy atom. The lowest BCUT2D eigenvalue weighted by Crippen LogP contribution is -2.12. The monoisotopic (exact) mass is 394 g/mol. The summed E-state index contributed by atoms with van der Waals surface area (Å²) in [6.45, 7) is 5.32. The van der Waals surface area contributed by atoms with E-state index in [0.717, 1.165) is 23.4 Å². The van der Waals surface area contributed by atoms with E-state index in [9.17, 15) is 4.79 Å². The van der Waals surface area contributed by atoms with Gasteiger partial charge in [0.1, 0.15) is 18.1 Å². The topological polar surface area (TPSA) is 82.8 Å². The van der Waals surface area contributed by atoms with E-state index in [1.807, 2.05) is 19.9 Å². The molecule has 0 aliphatic carbocycles. The minimum atomic E-state index is -0.211. The average molecular weight is 394 g/mol. The van der Waals surface area contributed by atoms with Crippen molar-refractivity contribution in [3.63, 3.8) is 0 Å². The van der Waals surface area contributed by atoms with Gasteiger partial charge in [-0.05, 0) is 50.2 Å². The second kappa shape index (κ2) is 8.26. The maximum atomic E-state index is 12.6. The number of nitrogens with one attached hydrogen (secondary N) is 1. The van der Waals surface area contributed by atoms with Gasteiger partial charge in [-0.1, -0.05) is 5.16 Å². The summed E-state index contributed by atoms with van der Waals surface area (Å²) in [5, 5.41) is 6.79. The molecule has 0 fully saturated rings. The first kappa shape index (κ1) is 18.9. The highest BCUT2D eigenvalue weighted by Crippen LogP contribution is 2.32. The minimum Gasteiger partial charge on any atom is -0.490 e. The molecule has 7 nitrogen and oxygen atoms in total. The molecule has 1 N–H and O–H groups in total. The summed E-state index contributed by atoms with van der Waals surface area (Å²) in [6.07, 6.45) is 0.834. The fraction of sp³-hybridized carbons (Fsp3) is 0.273. The zero-order valence-electron chi connectivity index (χ0n) is 16.4. The van der Waals surface area contributed by atoms with Crippen molar-refractivity contribution < 1.29 is 23.5 Å². The Hall–Kier alpha value is -3.48. The molecule has 150 valence electrons. The number of benzene rings is 2. The van der Waals surface area contributed by atoms with Crippen molar-refractivity contribution in [2.75, 3.05) is 18.5 Å². The molecule has 29 heavy (non-hydrogen) atoms. The lowest BCUT2D eigenvalue weighted by atomic mass is 10.2. The Kier molecular flexibility index (Phi) is 5.37. The van der Waals surface area contributed by atoms with Crippen molar-refractivity contribution in [2.24, 2.45) is 0 Å². The quantitative estimate of drug-likeness (QED) is 0.695. The van der Waals surface area contributed by atoms with E-state index < -0.39 is 0 Å². The maximum Gasteiger partial charge on any atom is 0.255 e. The maximum absolute atomic E-state index is 12.6. The number of aromatic nitrogens is 1. The zero-order valence-corrected chi connectivity index (χ0v) is 16.4. The summed E-state index contributed by atoms with van der Waals surface area (Å²) in [4.78, 5) is 12.6. The van der Waals surface area contributed by atoms with Crippen LogP contribution < -0.4 is 19.5 Å². The highest BCUT2D eigenvalue weighted by molar-refractivity contribution is 6.04. The second-order valence-corrected chi connectivity index (χ2v) is 6.78. The van der Waals surface area contributed by atoms with Crippen LogP contribution in [0.5, 0.6) is 17.2 Å². The summed E-state index contributed by atoms with van der Waals surface area (Å²) in [5.74, 6) is 2.53. The molecule has 2 aromatic carbocycles. The fourth-order valence-electron chi connectivity index (χ4n) is 3.01. The van der Waals surface area contributed by atoms with Gasteiger partial charge in [-0.25, -0.2) is 0 Å². The van der Waals surface area contributed by atoms with Crippen molar-refractivity contribution in [3.05, 3.63) is 65.0 Å². The van der Waals surface area contributed by atoms with Crippen LogP contribution in [0.3, 0.4) is 0 Å². The van der Waals surface area contributed by atoms with Gasteiger partial charge in [-0.15, -0.1) is 0 Å². The molecule has 0 saturated carbocycles. The zero-order chi connectivity index (χ0) is 20.2. The Morgan fingerprint density at radius 3 is 2.55 bits per heavy atom. The Morgan fingerprint density at radius 1 is 1.07 bits per heavy atom. The summed E-state index contributed by atoms with van der Waals surface area (Å²) in [7, 11) is 0.